The van der Waals surface area contributed by atoms with E-state index in [2.05, 4.69) is 5.32 Å². The van der Waals surface area contributed by atoms with Crippen LogP contribution in [0, 0.1) is 0 Å². The average Bonchev–Trinajstić information content (AvgIpc) is 2.67. The van der Waals surface area contributed by atoms with Crippen molar-refractivity contribution in [2.45, 2.75) is 44.2 Å². The predicted octanol–water partition coefficient (Wildman–Crippen LogP) is 0.999. The normalized spacial score (nSPS) is 28.3. The molecule has 16 heavy (non-hydrogen) atoms. The molecule has 0 unspecified atom stereocenters. The van der Waals surface area contributed by atoms with Crippen LogP contribution in [0.25, 0.3) is 0 Å². The number of aliphatic hydroxyl groups is 1. The fraction of sp³-hybridized carbons (Fsp3) is 0.750. The highest BCUT2D eigenvalue weighted by molar-refractivity contribution is 5.83. The number of carbonyl (C=O) groups excluding carboxylic acids is 1. The summed E-state index contributed by atoms with van der Waals surface area (Å²) in [5, 5.41) is 11.9. The number of methoxy groups -OCH3 is 1. The Morgan fingerprint density at radius 2 is 2.25 bits per heavy atom. The molecule has 0 amide bonds. The van der Waals surface area contributed by atoms with E-state index < -0.39 is 5.54 Å². The van der Waals surface area contributed by atoms with E-state index in [9.17, 15) is 4.79 Å². The molecule has 1 aliphatic heterocycles. The van der Waals surface area contributed by atoms with Crippen molar-refractivity contribution in [2.75, 3.05) is 13.7 Å². The van der Waals surface area contributed by atoms with Crippen LogP contribution in [0.1, 0.15) is 32.6 Å². The molecule has 0 aromatic rings. The van der Waals surface area contributed by atoms with Gasteiger partial charge in [0.1, 0.15) is 5.54 Å². The van der Waals surface area contributed by atoms with E-state index in [1.165, 1.54) is 7.11 Å². The number of carbonyl (C=O) groups is 1. The molecule has 1 aliphatic rings. The fourth-order valence-corrected chi connectivity index (χ4v) is 1.95. The van der Waals surface area contributed by atoms with E-state index in [1.54, 1.807) is 0 Å². The molecule has 0 fully saturated rings. The summed E-state index contributed by atoms with van der Waals surface area (Å²) in [6.07, 6.45) is 7.82. The molecular formula is C12H21NO3. The number of hydrogen-bond acceptors (Lipinski definition) is 4. The van der Waals surface area contributed by atoms with Crippen molar-refractivity contribution in [3.63, 3.8) is 0 Å². The van der Waals surface area contributed by atoms with Crippen LogP contribution in [-0.2, 0) is 9.53 Å². The van der Waals surface area contributed by atoms with E-state index in [4.69, 9.17) is 9.84 Å². The number of hydrogen-bond donors (Lipinski definition) is 2. The number of nitrogens with one attached hydrogen (secondary N) is 1. The van der Waals surface area contributed by atoms with Gasteiger partial charge in [0.25, 0.3) is 0 Å². The van der Waals surface area contributed by atoms with Gasteiger partial charge in [-0.2, -0.15) is 0 Å². The Labute approximate surface area is 96.7 Å². The van der Waals surface area contributed by atoms with Gasteiger partial charge in [-0.1, -0.05) is 25.0 Å². The van der Waals surface area contributed by atoms with Gasteiger partial charge in [-0.15, -0.1) is 0 Å². The maximum absolute atomic E-state index is 11.5. The topological polar surface area (TPSA) is 58.6 Å². The molecule has 1 heterocycles. The Bertz CT molecular complexity index is 265. The lowest BCUT2D eigenvalue weighted by Gasteiger charge is -2.22. The van der Waals surface area contributed by atoms with E-state index >= 15 is 0 Å². The summed E-state index contributed by atoms with van der Waals surface area (Å²) in [6.45, 7) is 2.08. The minimum atomic E-state index is -0.670. The van der Waals surface area contributed by atoms with Crippen LogP contribution in [0.5, 0.6) is 0 Å². The lowest BCUT2D eigenvalue weighted by Crippen LogP contribution is -2.48. The van der Waals surface area contributed by atoms with E-state index in [-0.39, 0.29) is 18.6 Å². The van der Waals surface area contributed by atoms with Gasteiger partial charge >= 0.3 is 5.97 Å². The largest absolute Gasteiger partial charge is 0.467 e. The van der Waals surface area contributed by atoms with Crippen LogP contribution in [0.3, 0.4) is 0 Å². The highest BCUT2D eigenvalue weighted by Crippen LogP contribution is 2.20. The molecule has 1 rings (SSSR count). The van der Waals surface area contributed by atoms with Gasteiger partial charge in [0, 0.05) is 12.6 Å². The second-order valence-electron chi connectivity index (χ2n) is 4.38. The second kappa shape index (κ2) is 6.01. The van der Waals surface area contributed by atoms with Gasteiger partial charge in [-0.05, 0) is 19.8 Å². The molecular weight excluding hydrogens is 206 g/mol. The first-order valence-electron chi connectivity index (χ1n) is 5.78. The van der Waals surface area contributed by atoms with E-state index in [0.717, 1.165) is 25.7 Å². The molecule has 0 aromatic heterocycles. The minimum Gasteiger partial charge on any atom is -0.467 e. The molecule has 0 spiro atoms. The molecule has 4 nitrogen and oxygen atoms in total. The van der Waals surface area contributed by atoms with Crippen LogP contribution in [0.2, 0.25) is 0 Å². The monoisotopic (exact) mass is 227 g/mol. The third kappa shape index (κ3) is 3.32. The van der Waals surface area contributed by atoms with Gasteiger partial charge in [-0.25, -0.2) is 4.79 Å². The zero-order valence-electron chi connectivity index (χ0n) is 10.0. The second-order valence-corrected chi connectivity index (χ2v) is 4.38. The Hall–Kier alpha value is -0.870. The maximum Gasteiger partial charge on any atom is 0.329 e. The molecule has 0 aliphatic carbocycles. The third-order valence-electron chi connectivity index (χ3n) is 2.93. The summed E-state index contributed by atoms with van der Waals surface area (Å²) in [6, 6.07) is 0.239. The Morgan fingerprint density at radius 1 is 1.50 bits per heavy atom. The first-order valence-corrected chi connectivity index (χ1v) is 5.78. The van der Waals surface area contributed by atoms with Crippen LogP contribution in [-0.4, -0.2) is 36.4 Å². The van der Waals surface area contributed by atoms with Crippen molar-refractivity contribution in [3.05, 3.63) is 12.2 Å². The number of unbranched alkanes of at least 4 members (excludes halogenated alkanes) is 2. The molecule has 2 N–H and O–H groups in total. The predicted molar refractivity (Wildman–Crippen MR) is 62.0 cm³/mol. The summed E-state index contributed by atoms with van der Waals surface area (Å²) in [4.78, 5) is 11.5. The molecule has 0 saturated heterocycles. The highest BCUT2D eigenvalue weighted by atomic mass is 16.5. The van der Waals surface area contributed by atoms with Gasteiger partial charge in [0.15, 0.2) is 0 Å². The zero-order chi connectivity index (χ0) is 12.0. The zero-order valence-corrected chi connectivity index (χ0v) is 10.0. The molecule has 0 saturated carbocycles. The minimum absolute atomic E-state index is 0.239. The molecule has 0 bridgehead atoms. The summed E-state index contributed by atoms with van der Waals surface area (Å²) < 4.78 is 4.74. The summed E-state index contributed by atoms with van der Waals surface area (Å²) in [5.74, 6) is -0.249. The number of rotatable bonds is 6. The average molecular weight is 227 g/mol. The molecule has 2 atom stereocenters. The molecule has 0 aromatic carbocycles. The van der Waals surface area contributed by atoms with Crippen LogP contribution >= 0.6 is 0 Å². The number of esters is 1. The van der Waals surface area contributed by atoms with Crippen molar-refractivity contribution in [2.24, 2.45) is 0 Å². The Morgan fingerprint density at radius 3 is 2.88 bits per heavy atom. The smallest absolute Gasteiger partial charge is 0.329 e. The summed E-state index contributed by atoms with van der Waals surface area (Å²) in [7, 11) is 1.40. The Kier molecular flexibility index (Phi) is 4.96. The standard InChI is InChI=1S/C12H21NO3/c1-12(11(15)16-2)8-7-10(13-12)6-4-3-5-9-14/h7-8,10,13-14H,3-6,9H2,1-2H3/t10-,12-/m1/s1. The quantitative estimate of drug-likeness (QED) is 0.404. The van der Waals surface area contributed by atoms with Gasteiger partial charge in [0.2, 0.25) is 0 Å². The van der Waals surface area contributed by atoms with Gasteiger partial charge in [-0.3, -0.25) is 5.32 Å². The summed E-state index contributed by atoms with van der Waals surface area (Å²) >= 11 is 0. The molecule has 92 valence electrons. The van der Waals surface area contributed by atoms with Crippen molar-refractivity contribution < 1.29 is 14.6 Å². The van der Waals surface area contributed by atoms with Crippen LogP contribution in [0.4, 0.5) is 0 Å². The van der Waals surface area contributed by atoms with Crippen molar-refractivity contribution in [1.29, 1.82) is 0 Å². The number of ether oxygens (including phenoxy) is 1. The van der Waals surface area contributed by atoms with Crippen molar-refractivity contribution in [1.82, 2.24) is 5.32 Å². The van der Waals surface area contributed by atoms with Crippen molar-refractivity contribution >= 4 is 5.97 Å². The van der Waals surface area contributed by atoms with Crippen LogP contribution < -0.4 is 5.32 Å². The van der Waals surface area contributed by atoms with Gasteiger partial charge in [0.05, 0.1) is 7.11 Å². The number of aliphatic hydroxyl groups excluding tert-OH is 1. The Balaban J connectivity index is 2.30. The third-order valence-corrected chi connectivity index (χ3v) is 2.93. The van der Waals surface area contributed by atoms with E-state index in [1.807, 2.05) is 19.1 Å². The summed E-state index contributed by atoms with van der Waals surface area (Å²) in [5.41, 5.74) is -0.670. The van der Waals surface area contributed by atoms with Crippen LogP contribution in [0.15, 0.2) is 12.2 Å². The van der Waals surface area contributed by atoms with Gasteiger partial charge < -0.3 is 9.84 Å². The lowest BCUT2D eigenvalue weighted by atomic mass is 10.1. The van der Waals surface area contributed by atoms with E-state index in [0.29, 0.717) is 0 Å². The van der Waals surface area contributed by atoms with Crippen molar-refractivity contribution in [3.8, 4) is 0 Å². The first kappa shape index (κ1) is 13.2. The SMILES string of the molecule is COC(=O)[C@@]1(C)C=C[C@@H](CCCCCO)N1. The molecule has 0 radical (unpaired) electrons. The molecule has 4 heteroatoms. The maximum atomic E-state index is 11.5. The first-order chi connectivity index (χ1) is 7.62. The lowest BCUT2D eigenvalue weighted by molar-refractivity contribution is -0.145. The highest BCUT2D eigenvalue weighted by Gasteiger charge is 2.36. The fourth-order valence-electron chi connectivity index (χ4n) is 1.95.